The summed E-state index contributed by atoms with van der Waals surface area (Å²) < 4.78 is 0. The van der Waals surface area contributed by atoms with Crippen LogP contribution in [0, 0.1) is 5.92 Å². The van der Waals surface area contributed by atoms with E-state index in [4.69, 9.17) is 0 Å². The van der Waals surface area contributed by atoms with Crippen molar-refractivity contribution in [3.8, 4) is 0 Å². The van der Waals surface area contributed by atoms with Crippen molar-refractivity contribution in [1.82, 2.24) is 4.90 Å². The second-order valence-corrected chi connectivity index (χ2v) is 6.62. The number of likely N-dealkylation sites (tertiary alicyclic amines) is 1. The molecule has 3 heteroatoms. The monoisotopic (exact) mass is 289 g/mol. The first-order valence-corrected chi connectivity index (χ1v) is 8.42. The Morgan fingerprint density at radius 3 is 2.14 bits per heavy atom. The molecule has 1 aromatic carbocycles. The molecule has 1 aromatic rings. The number of benzene rings is 1. The van der Waals surface area contributed by atoms with Crippen LogP contribution in [0.3, 0.4) is 0 Å². The van der Waals surface area contributed by atoms with Gasteiger partial charge >= 0.3 is 0 Å². The first-order valence-electron chi connectivity index (χ1n) is 8.42. The third-order valence-electron chi connectivity index (χ3n) is 5.23. The predicted molar refractivity (Wildman–Crippen MR) is 84.0 cm³/mol. The van der Waals surface area contributed by atoms with Gasteiger partial charge in [-0.2, -0.15) is 0 Å². The van der Waals surface area contributed by atoms with Crippen LogP contribution < -0.4 is 0 Å². The van der Waals surface area contributed by atoms with Crippen molar-refractivity contribution >= 4 is 0 Å². The Kier molecular flexibility index (Phi) is 4.94. The molecule has 21 heavy (non-hydrogen) atoms. The number of nitrogens with zero attached hydrogens (tertiary/aromatic N) is 1. The number of hydrogen-bond donors (Lipinski definition) is 2. The summed E-state index contributed by atoms with van der Waals surface area (Å²) in [6.07, 6.45) is 5.58. The molecule has 2 fully saturated rings. The summed E-state index contributed by atoms with van der Waals surface area (Å²) in [6, 6.07) is 10.1. The highest BCUT2D eigenvalue weighted by atomic mass is 16.3. The molecule has 3 unspecified atom stereocenters. The molecule has 2 N–H and O–H groups in total. The fourth-order valence-electron chi connectivity index (χ4n) is 4.06. The summed E-state index contributed by atoms with van der Waals surface area (Å²) in [7, 11) is 0. The van der Waals surface area contributed by atoms with E-state index in [2.05, 4.69) is 17.0 Å². The molecule has 1 aliphatic carbocycles. The van der Waals surface area contributed by atoms with E-state index < -0.39 is 12.2 Å². The molecule has 0 aromatic heterocycles. The standard InChI is InChI=1S/C18H27NO2/c20-17(15-10-4-5-11-15)18(21)16(19-12-6-7-13-19)14-8-2-1-3-9-14/h1-3,8-9,15-18,20-21H,4-7,10-13H2. The quantitative estimate of drug-likeness (QED) is 0.876. The summed E-state index contributed by atoms with van der Waals surface area (Å²) in [4.78, 5) is 2.35. The lowest BCUT2D eigenvalue weighted by molar-refractivity contribution is -0.0597. The third kappa shape index (κ3) is 3.31. The lowest BCUT2D eigenvalue weighted by Gasteiger charge is -2.36. The van der Waals surface area contributed by atoms with Crippen LogP contribution in [-0.2, 0) is 0 Å². The molecule has 3 nitrogen and oxygen atoms in total. The summed E-state index contributed by atoms with van der Waals surface area (Å²) >= 11 is 0. The van der Waals surface area contributed by atoms with Crippen LogP contribution in [0.15, 0.2) is 30.3 Å². The smallest absolute Gasteiger partial charge is 0.0998 e. The Morgan fingerprint density at radius 2 is 1.52 bits per heavy atom. The van der Waals surface area contributed by atoms with E-state index in [1.807, 2.05) is 18.2 Å². The predicted octanol–water partition coefficient (Wildman–Crippen LogP) is 2.74. The Bertz CT molecular complexity index is 424. The van der Waals surface area contributed by atoms with Crippen molar-refractivity contribution in [3.05, 3.63) is 35.9 Å². The first kappa shape index (κ1) is 15.0. The zero-order chi connectivity index (χ0) is 14.7. The molecule has 1 saturated carbocycles. The Balaban J connectivity index is 1.80. The lowest BCUT2D eigenvalue weighted by atomic mass is 9.88. The van der Waals surface area contributed by atoms with Crippen LogP contribution in [0.25, 0.3) is 0 Å². The SMILES string of the molecule is OC(C1CCCC1)C(O)C(c1ccccc1)N1CCCC1. The molecule has 3 atom stereocenters. The highest BCUT2D eigenvalue weighted by Gasteiger charge is 2.37. The maximum absolute atomic E-state index is 10.9. The second-order valence-electron chi connectivity index (χ2n) is 6.62. The van der Waals surface area contributed by atoms with Gasteiger partial charge < -0.3 is 10.2 Å². The molecule has 0 radical (unpaired) electrons. The highest BCUT2D eigenvalue weighted by Crippen LogP contribution is 2.35. The molecule has 1 heterocycles. The lowest BCUT2D eigenvalue weighted by Crippen LogP contribution is -2.44. The number of hydrogen-bond acceptors (Lipinski definition) is 3. The summed E-state index contributed by atoms with van der Waals surface area (Å²) in [5.74, 6) is 0.272. The average molecular weight is 289 g/mol. The number of aliphatic hydroxyl groups excluding tert-OH is 2. The molecular weight excluding hydrogens is 262 g/mol. The van der Waals surface area contributed by atoms with Gasteiger partial charge in [-0.25, -0.2) is 0 Å². The minimum atomic E-state index is -0.686. The zero-order valence-corrected chi connectivity index (χ0v) is 12.7. The van der Waals surface area contributed by atoms with Crippen molar-refractivity contribution in [3.63, 3.8) is 0 Å². The van der Waals surface area contributed by atoms with Gasteiger partial charge in [-0.15, -0.1) is 0 Å². The third-order valence-corrected chi connectivity index (χ3v) is 5.23. The molecule has 1 aliphatic heterocycles. The summed E-state index contributed by atoms with van der Waals surface area (Å²) in [5.41, 5.74) is 1.13. The molecule has 0 spiro atoms. The van der Waals surface area contributed by atoms with Gasteiger partial charge in [-0.3, -0.25) is 4.90 Å². The zero-order valence-electron chi connectivity index (χ0n) is 12.7. The first-order chi connectivity index (χ1) is 10.3. The van der Waals surface area contributed by atoms with Crippen LogP contribution in [-0.4, -0.2) is 40.4 Å². The molecular formula is C18H27NO2. The molecule has 2 aliphatic rings. The summed E-state index contributed by atoms with van der Waals surface area (Å²) in [5, 5.41) is 21.5. The summed E-state index contributed by atoms with van der Waals surface area (Å²) in [6.45, 7) is 2.04. The topological polar surface area (TPSA) is 43.7 Å². The minimum absolute atomic E-state index is 0.0655. The van der Waals surface area contributed by atoms with Gasteiger partial charge in [0.05, 0.1) is 18.2 Å². The van der Waals surface area contributed by atoms with Crippen molar-refractivity contribution in [1.29, 1.82) is 0 Å². The molecule has 1 saturated heterocycles. The van der Waals surface area contributed by atoms with Crippen molar-refractivity contribution in [2.75, 3.05) is 13.1 Å². The molecule has 0 amide bonds. The fourth-order valence-corrected chi connectivity index (χ4v) is 4.06. The van der Waals surface area contributed by atoms with Crippen molar-refractivity contribution in [2.45, 2.75) is 56.8 Å². The van der Waals surface area contributed by atoms with E-state index in [9.17, 15) is 10.2 Å². The van der Waals surface area contributed by atoms with E-state index in [0.29, 0.717) is 0 Å². The van der Waals surface area contributed by atoms with Gasteiger partial charge in [0, 0.05) is 0 Å². The van der Waals surface area contributed by atoms with Crippen LogP contribution in [0.2, 0.25) is 0 Å². The maximum Gasteiger partial charge on any atom is 0.0998 e. The van der Waals surface area contributed by atoms with Crippen molar-refractivity contribution in [2.24, 2.45) is 5.92 Å². The van der Waals surface area contributed by atoms with Gasteiger partial charge in [0.15, 0.2) is 0 Å². The highest BCUT2D eigenvalue weighted by molar-refractivity contribution is 5.21. The largest absolute Gasteiger partial charge is 0.390 e. The Labute approximate surface area is 127 Å². The van der Waals surface area contributed by atoms with Crippen LogP contribution in [0.4, 0.5) is 0 Å². The maximum atomic E-state index is 10.9. The van der Waals surface area contributed by atoms with E-state index in [1.165, 1.54) is 25.7 Å². The van der Waals surface area contributed by atoms with Gasteiger partial charge in [0.25, 0.3) is 0 Å². The number of rotatable bonds is 5. The molecule has 0 bridgehead atoms. The number of aliphatic hydroxyl groups is 2. The van der Waals surface area contributed by atoms with Crippen LogP contribution in [0.1, 0.15) is 50.1 Å². The van der Waals surface area contributed by atoms with Gasteiger partial charge in [-0.1, -0.05) is 43.2 Å². The van der Waals surface area contributed by atoms with E-state index in [1.54, 1.807) is 0 Å². The molecule has 116 valence electrons. The van der Waals surface area contributed by atoms with Crippen LogP contribution >= 0.6 is 0 Å². The average Bonchev–Trinajstić information content (AvgIpc) is 3.21. The van der Waals surface area contributed by atoms with E-state index >= 15 is 0 Å². The van der Waals surface area contributed by atoms with Gasteiger partial charge in [0.2, 0.25) is 0 Å². The molecule has 3 rings (SSSR count). The van der Waals surface area contributed by atoms with Crippen LogP contribution in [0.5, 0.6) is 0 Å². The normalized spacial score (nSPS) is 25.0. The Morgan fingerprint density at radius 1 is 0.905 bits per heavy atom. The van der Waals surface area contributed by atoms with Gasteiger partial charge in [-0.05, 0) is 50.3 Å². The fraction of sp³-hybridized carbons (Fsp3) is 0.667. The Hall–Kier alpha value is -0.900. The minimum Gasteiger partial charge on any atom is -0.390 e. The van der Waals surface area contributed by atoms with Crippen molar-refractivity contribution < 1.29 is 10.2 Å². The van der Waals surface area contributed by atoms with E-state index in [0.717, 1.165) is 31.5 Å². The van der Waals surface area contributed by atoms with E-state index in [-0.39, 0.29) is 12.0 Å². The van der Waals surface area contributed by atoms with Gasteiger partial charge in [0.1, 0.15) is 0 Å². The second kappa shape index (κ2) is 6.91.